The molecule has 2 amide bonds. The van der Waals surface area contributed by atoms with Gasteiger partial charge in [0.15, 0.2) is 0 Å². The van der Waals surface area contributed by atoms with Crippen LogP contribution in [0.25, 0.3) is 0 Å². The molecule has 0 heterocycles. The Labute approximate surface area is 233 Å². The third-order valence-corrected chi connectivity index (χ3v) is 8.08. The van der Waals surface area contributed by atoms with E-state index >= 15 is 0 Å². The molecule has 0 aromatic heterocycles. The lowest BCUT2D eigenvalue weighted by molar-refractivity contribution is -0.140. The fraction of sp³-hybridized carbons (Fsp3) is 0.286. The van der Waals surface area contributed by atoms with Crippen LogP contribution < -0.4 is 14.4 Å². The Morgan fingerprint density at radius 1 is 0.974 bits per heavy atom. The quantitative estimate of drug-likeness (QED) is 0.340. The molecule has 0 aliphatic carbocycles. The zero-order valence-corrected chi connectivity index (χ0v) is 23.5. The van der Waals surface area contributed by atoms with Crippen LogP contribution in [-0.4, -0.2) is 51.4 Å². The van der Waals surface area contributed by atoms with Crippen molar-refractivity contribution in [3.8, 4) is 5.75 Å². The zero-order chi connectivity index (χ0) is 28.6. The van der Waals surface area contributed by atoms with Gasteiger partial charge in [-0.25, -0.2) is 12.8 Å². The van der Waals surface area contributed by atoms with Crippen LogP contribution in [0, 0.1) is 5.82 Å². The first-order chi connectivity index (χ1) is 18.6. The number of hydrogen-bond donors (Lipinski definition) is 1. The number of rotatable bonds is 12. The van der Waals surface area contributed by atoms with Crippen molar-refractivity contribution < 1.29 is 27.1 Å². The van der Waals surface area contributed by atoms with Crippen molar-refractivity contribution in [1.82, 2.24) is 10.2 Å². The molecule has 0 aliphatic rings. The van der Waals surface area contributed by atoms with Gasteiger partial charge in [0.2, 0.25) is 11.8 Å². The number of carbonyl (C=O) groups excluding carboxylic acids is 2. The lowest BCUT2D eigenvalue weighted by atomic mass is 10.1. The molecule has 1 atom stereocenters. The van der Waals surface area contributed by atoms with Gasteiger partial charge in [0.05, 0.1) is 17.7 Å². The van der Waals surface area contributed by atoms with Crippen LogP contribution in [0.3, 0.4) is 0 Å². The highest BCUT2D eigenvalue weighted by molar-refractivity contribution is 7.92. The Bertz CT molecular complexity index is 1370. The average molecular weight is 576 g/mol. The second-order valence-electron chi connectivity index (χ2n) is 8.63. The van der Waals surface area contributed by atoms with E-state index in [0.29, 0.717) is 29.3 Å². The third kappa shape index (κ3) is 7.48. The molecule has 39 heavy (non-hydrogen) atoms. The van der Waals surface area contributed by atoms with E-state index in [0.717, 1.165) is 16.4 Å². The van der Waals surface area contributed by atoms with Crippen LogP contribution in [0.5, 0.6) is 5.75 Å². The van der Waals surface area contributed by atoms with Crippen LogP contribution in [0.15, 0.2) is 77.7 Å². The maximum absolute atomic E-state index is 13.9. The van der Waals surface area contributed by atoms with Crippen LogP contribution in [0.2, 0.25) is 5.02 Å². The second-order valence-corrected chi connectivity index (χ2v) is 10.9. The van der Waals surface area contributed by atoms with E-state index in [4.69, 9.17) is 16.3 Å². The van der Waals surface area contributed by atoms with Crippen molar-refractivity contribution in [2.24, 2.45) is 0 Å². The molecule has 0 spiro atoms. The molecule has 0 saturated heterocycles. The van der Waals surface area contributed by atoms with Gasteiger partial charge < -0.3 is 15.0 Å². The predicted octanol–water partition coefficient (Wildman–Crippen LogP) is 4.63. The average Bonchev–Trinajstić information content (AvgIpc) is 2.93. The van der Waals surface area contributed by atoms with Gasteiger partial charge in [-0.2, -0.15) is 0 Å². The molecule has 0 radical (unpaired) electrons. The highest BCUT2D eigenvalue weighted by Crippen LogP contribution is 2.26. The van der Waals surface area contributed by atoms with Crippen molar-refractivity contribution in [3.63, 3.8) is 0 Å². The van der Waals surface area contributed by atoms with Crippen molar-refractivity contribution >= 4 is 39.1 Å². The molecule has 0 saturated carbocycles. The molecule has 1 N–H and O–H groups in total. The summed E-state index contributed by atoms with van der Waals surface area (Å²) in [6.45, 7) is 3.34. The molecule has 0 fully saturated rings. The molecule has 11 heteroatoms. The number of benzene rings is 3. The number of ether oxygens (including phenoxy) is 1. The van der Waals surface area contributed by atoms with Crippen LogP contribution in [0.4, 0.5) is 10.1 Å². The molecular formula is C28H31ClFN3O5S. The summed E-state index contributed by atoms with van der Waals surface area (Å²) in [6.07, 6.45) is 0.299. The van der Waals surface area contributed by atoms with Gasteiger partial charge in [0.1, 0.15) is 24.2 Å². The molecule has 3 rings (SSSR count). The van der Waals surface area contributed by atoms with Crippen molar-refractivity contribution in [3.05, 3.63) is 89.2 Å². The molecule has 0 bridgehead atoms. The highest BCUT2D eigenvalue weighted by atomic mass is 35.5. The number of halogens is 2. The van der Waals surface area contributed by atoms with Gasteiger partial charge in [-0.15, -0.1) is 0 Å². The number of nitrogens with one attached hydrogen (secondary N) is 1. The Kier molecular flexibility index (Phi) is 10.3. The minimum absolute atomic E-state index is 0.0471. The Morgan fingerprint density at radius 3 is 2.13 bits per heavy atom. The van der Waals surface area contributed by atoms with E-state index in [1.54, 1.807) is 38.1 Å². The maximum atomic E-state index is 13.9. The summed E-state index contributed by atoms with van der Waals surface area (Å²) >= 11 is 6.01. The fourth-order valence-electron chi connectivity index (χ4n) is 4.01. The minimum atomic E-state index is -4.27. The van der Waals surface area contributed by atoms with Gasteiger partial charge in [-0.3, -0.25) is 13.9 Å². The van der Waals surface area contributed by atoms with Crippen LogP contribution in [-0.2, 0) is 26.2 Å². The summed E-state index contributed by atoms with van der Waals surface area (Å²) in [7, 11) is -2.81. The zero-order valence-electron chi connectivity index (χ0n) is 21.9. The number of hydrogen-bond acceptors (Lipinski definition) is 5. The van der Waals surface area contributed by atoms with Crippen molar-refractivity contribution in [2.45, 2.75) is 37.8 Å². The van der Waals surface area contributed by atoms with E-state index in [1.165, 1.54) is 48.4 Å². The van der Waals surface area contributed by atoms with Gasteiger partial charge >= 0.3 is 0 Å². The second kappa shape index (κ2) is 13.4. The number of methoxy groups -OCH3 is 1. The first-order valence-corrected chi connectivity index (χ1v) is 14.2. The third-order valence-electron chi connectivity index (χ3n) is 6.04. The molecule has 8 nitrogen and oxygen atoms in total. The molecule has 0 aliphatic heterocycles. The van der Waals surface area contributed by atoms with Crippen LogP contribution >= 0.6 is 11.6 Å². The fourth-order valence-corrected chi connectivity index (χ4v) is 5.55. The largest absolute Gasteiger partial charge is 0.497 e. The van der Waals surface area contributed by atoms with Gasteiger partial charge in [0, 0.05) is 18.1 Å². The smallest absolute Gasteiger partial charge is 0.264 e. The topological polar surface area (TPSA) is 96.0 Å². The first kappa shape index (κ1) is 29.9. The standard InChI is InChI=1S/C28H31ClFN3O5S/c1-4-26(28(35)31-5-2)32(18-20-6-8-21(29)9-7-20)27(34)19-33(23-12-10-22(30)11-13-23)39(36,37)25-16-14-24(38-3)15-17-25/h6-17,26H,4-5,18-19H2,1-3H3,(H,31,35)/t26-/m0/s1. The maximum Gasteiger partial charge on any atom is 0.264 e. The molecule has 208 valence electrons. The van der Waals surface area contributed by atoms with E-state index in [1.807, 2.05) is 0 Å². The first-order valence-electron chi connectivity index (χ1n) is 12.3. The summed E-state index contributed by atoms with van der Waals surface area (Å²) in [4.78, 5) is 28.1. The van der Waals surface area contributed by atoms with Crippen molar-refractivity contribution in [1.29, 1.82) is 0 Å². The summed E-state index contributed by atoms with van der Waals surface area (Å²) in [5.74, 6) is -1.06. The van der Waals surface area contributed by atoms with E-state index in [9.17, 15) is 22.4 Å². The Morgan fingerprint density at radius 2 is 1.59 bits per heavy atom. The van der Waals surface area contributed by atoms with Crippen LogP contribution in [0.1, 0.15) is 25.8 Å². The SMILES string of the molecule is CCNC(=O)[C@H](CC)N(Cc1ccc(Cl)cc1)C(=O)CN(c1ccc(F)cc1)S(=O)(=O)c1ccc(OC)cc1. The number of carbonyl (C=O) groups is 2. The van der Waals surface area contributed by atoms with E-state index in [-0.39, 0.29) is 23.0 Å². The van der Waals surface area contributed by atoms with Gasteiger partial charge in [0.25, 0.3) is 10.0 Å². The minimum Gasteiger partial charge on any atom is -0.497 e. The van der Waals surface area contributed by atoms with E-state index in [2.05, 4.69) is 5.32 Å². The Balaban J connectivity index is 2.04. The summed E-state index contributed by atoms with van der Waals surface area (Å²) in [5, 5.41) is 3.26. The summed E-state index contributed by atoms with van der Waals surface area (Å²) in [5.41, 5.74) is 0.805. The lowest BCUT2D eigenvalue weighted by Gasteiger charge is -2.33. The number of nitrogens with zero attached hydrogens (tertiary/aromatic N) is 2. The molecule has 3 aromatic rings. The van der Waals surface area contributed by atoms with Crippen molar-refractivity contribution in [2.75, 3.05) is 24.5 Å². The summed E-state index contributed by atoms with van der Waals surface area (Å²) < 4.78 is 47.3. The number of sulfonamides is 1. The lowest BCUT2D eigenvalue weighted by Crippen LogP contribution is -2.52. The molecule has 3 aromatic carbocycles. The monoisotopic (exact) mass is 575 g/mol. The number of likely N-dealkylation sites (N-methyl/N-ethyl adjacent to an activating group) is 1. The number of amides is 2. The predicted molar refractivity (Wildman–Crippen MR) is 149 cm³/mol. The molecule has 0 unspecified atom stereocenters. The normalized spacial score (nSPS) is 11.9. The Hall–Kier alpha value is -3.63. The van der Waals surface area contributed by atoms with Gasteiger partial charge in [-0.05, 0) is 79.6 Å². The van der Waals surface area contributed by atoms with E-state index < -0.39 is 34.3 Å². The highest BCUT2D eigenvalue weighted by Gasteiger charge is 2.33. The number of anilines is 1. The summed E-state index contributed by atoms with van der Waals surface area (Å²) in [6, 6.07) is 16.5. The molecular weight excluding hydrogens is 545 g/mol. The van der Waals surface area contributed by atoms with Gasteiger partial charge in [-0.1, -0.05) is 30.7 Å².